The molecule has 4 N–H and O–H groups in total. The minimum absolute atomic E-state index is 0.0170. The predicted octanol–water partition coefficient (Wildman–Crippen LogP) is 7.49. The van der Waals surface area contributed by atoms with E-state index in [-0.39, 0.29) is 40.4 Å². The van der Waals surface area contributed by atoms with Crippen molar-refractivity contribution in [3.63, 3.8) is 0 Å². The highest BCUT2D eigenvalue weighted by Gasteiger charge is 2.19. The molecule has 12 nitrogen and oxygen atoms in total. The van der Waals surface area contributed by atoms with Crippen molar-refractivity contribution in [1.82, 2.24) is 9.97 Å². The second-order valence-electron chi connectivity index (χ2n) is 11.0. The van der Waals surface area contributed by atoms with Gasteiger partial charge >= 0.3 is 11.9 Å². The minimum atomic E-state index is -1.16. The van der Waals surface area contributed by atoms with Gasteiger partial charge in [0, 0.05) is 23.3 Å². The number of methoxy groups -OCH3 is 3. The van der Waals surface area contributed by atoms with E-state index in [1.807, 2.05) is 74.5 Å². The van der Waals surface area contributed by atoms with Crippen LogP contribution < -0.4 is 20.5 Å². The fourth-order valence-electron chi connectivity index (χ4n) is 5.10. The maximum Gasteiger partial charge on any atom is 0.358 e. The van der Waals surface area contributed by atoms with E-state index in [0.717, 1.165) is 32.7 Å². The molecule has 0 bridgehead atoms. The molecule has 2 heterocycles. The number of rotatable bonds is 7. The highest BCUT2D eigenvalue weighted by molar-refractivity contribution is 6.68. The van der Waals surface area contributed by atoms with Gasteiger partial charge in [-0.15, -0.1) is 0 Å². The Balaban J connectivity index is 0.000000195. The highest BCUT2D eigenvalue weighted by atomic mass is 35.5. The summed E-state index contributed by atoms with van der Waals surface area (Å²) >= 11 is 5.50. The van der Waals surface area contributed by atoms with Crippen LogP contribution in [0.2, 0.25) is 0 Å². The van der Waals surface area contributed by atoms with Crippen LogP contribution in [0.5, 0.6) is 11.8 Å². The van der Waals surface area contributed by atoms with Gasteiger partial charge in [0.25, 0.3) is 11.1 Å². The summed E-state index contributed by atoms with van der Waals surface area (Å²) in [5.41, 5.74) is 8.85. The van der Waals surface area contributed by atoms with Crippen LogP contribution in [0, 0.1) is 13.8 Å². The third kappa shape index (κ3) is 8.97. The van der Waals surface area contributed by atoms with Crippen LogP contribution in [-0.2, 0) is 4.74 Å². The van der Waals surface area contributed by atoms with Crippen molar-refractivity contribution in [3.05, 3.63) is 131 Å². The molecule has 0 aliphatic rings. The topological polar surface area (TPSA) is 180 Å². The van der Waals surface area contributed by atoms with Crippen molar-refractivity contribution in [1.29, 1.82) is 0 Å². The van der Waals surface area contributed by atoms with Crippen LogP contribution in [-0.4, -0.2) is 59.5 Å². The summed E-state index contributed by atoms with van der Waals surface area (Å²) in [5, 5.41) is 14.8. The van der Waals surface area contributed by atoms with Crippen molar-refractivity contribution < 1.29 is 38.5 Å². The van der Waals surface area contributed by atoms with E-state index in [2.05, 4.69) is 15.3 Å². The fourth-order valence-corrected chi connectivity index (χ4v) is 5.27. The summed E-state index contributed by atoms with van der Waals surface area (Å²) in [6.45, 7) is 4.01. The number of halogens is 1. The smallest absolute Gasteiger partial charge is 0.358 e. The number of aromatic nitrogens is 2. The van der Waals surface area contributed by atoms with E-state index in [0.29, 0.717) is 11.1 Å². The summed E-state index contributed by atoms with van der Waals surface area (Å²) in [5.74, 6) is -1.66. The molecule has 6 rings (SSSR count). The molecular formula is C39H35ClN4O8. The molecule has 0 fully saturated rings. The lowest BCUT2D eigenvalue weighted by molar-refractivity contribution is 0.0593. The Morgan fingerprint density at radius 1 is 0.654 bits per heavy atom. The number of esters is 1. The zero-order valence-electron chi connectivity index (χ0n) is 28.9. The molecule has 2 aromatic heterocycles. The largest absolute Gasteiger partial charge is 0.481 e. The van der Waals surface area contributed by atoms with Crippen LogP contribution in [0.3, 0.4) is 0 Å². The standard InChI is InChI=1S/C20H18N2O4.C12H9ClO.C7H8N2O3/c1-12-8-9-15(14-7-5-4-6-13(12)14)19(23)21-16-10-11-17(25-2)22-18(16)20(24)26-3;1-8-6-7-11(12(13)14)10-5-3-2-4-9(8)10;1-12-5-3-2-4(8)6(9-5)7(10)11/h4-11H,1-3H3,(H,21,23);2-7H,1H3;2-3H,8H2,1H3,(H,10,11). The molecule has 52 heavy (non-hydrogen) atoms. The molecule has 266 valence electrons. The lowest BCUT2D eigenvalue weighted by Crippen LogP contribution is -2.17. The molecule has 0 radical (unpaired) electrons. The monoisotopic (exact) mass is 722 g/mol. The maximum absolute atomic E-state index is 12.8. The number of pyridine rings is 2. The zero-order valence-corrected chi connectivity index (χ0v) is 29.6. The van der Waals surface area contributed by atoms with E-state index in [4.69, 9.17) is 36.7 Å². The van der Waals surface area contributed by atoms with E-state index in [1.54, 1.807) is 24.3 Å². The van der Waals surface area contributed by atoms with Crippen LogP contribution in [0.25, 0.3) is 21.5 Å². The van der Waals surface area contributed by atoms with Gasteiger partial charge in [0.2, 0.25) is 11.8 Å². The molecule has 0 saturated carbocycles. The van der Waals surface area contributed by atoms with Gasteiger partial charge in [-0.05, 0) is 82.4 Å². The summed E-state index contributed by atoms with van der Waals surface area (Å²) in [6.07, 6.45) is 0. The number of nitrogens with one attached hydrogen (secondary N) is 1. The van der Waals surface area contributed by atoms with Gasteiger partial charge in [0.15, 0.2) is 11.4 Å². The van der Waals surface area contributed by atoms with Gasteiger partial charge in [0.1, 0.15) is 0 Å². The normalized spacial score (nSPS) is 10.2. The number of carboxylic acid groups (broad SMARTS) is 1. The van der Waals surface area contributed by atoms with Gasteiger partial charge < -0.3 is 30.4 Å². The number of hydrogen-bond acceptors (Lipinski definition) is 10. The Morgan fingerprint density at radius 2 is 1.13 bits per heavy atom. The quantitative estimate of drug-likeness (QED) is 0.110. The average molecular weight is 723 g/mol. The first-order chi connectivity index (χ1) is 24.9. The third-order valence-electron chi connectivity index (χ3n) is 7.76. The Labute approximate surface area is 304 Å². The number of aryl methyl sites for hydroxylation is 2. The molecule has 1 amide bonds. The van der Waals surface area contributed by atoms with E-state index in [9.17, 15) is 19.2 Å². The number of aromatic carboxylic acids is 1. The van der Waals surface area contributed by atoms with Gasteiger partial charge in [-0.2, -0.15) is 0 Å². The van der Waals surface area contributed by atoms with Crippen molar-refractivity contribution >= 4 is 67.6 Å². The van der Waals surface area contributed by atoms with E-state index >= 15 is 0 Å². The average Bonchev–Trinajstić information content (AvgIpc) is 3.15. The number of nitrogen functional groups attached to an aromatic ring is 1. The van der Waals surface area contributed by atoms with Gasteiger partial charge in [-0.1, -0.05) is 60.7 Å². The number of anilines is 2. The third-order valence-corrected chi connectivity index (χ3v) is 7.96. The minimum Gasteiger partial charge on any atom is -0.481 e. The number of carbonyl (C=O) groups excluding carboxylic acids is 3. The van der Waals surface area contributed by atoms with Crippen molar-refractivity contribution in [2.45, 2.75) is 13.8 Å². The lowest BCUT2D eigenvalue weighted by atomic mass is 10.00. The number of carboxylic acids is 1. The molecule has 0 aliphatic heterocycles. The second kappa shape index (κ2) is 17.4. The Kier molecular flexibility index (Phi) is 12.8. The Morgan fingerprint density at radius 3 is 1.63 bits per heavy atom. The molecule has 6 aromatic rings. The number of fused-ring (bicyclic) bond motifs is 2. The SMILES string of the molecule is COC(=O)c1nc(OC)ccc1NC(=O)c1ccc(C)c2ccccc12.COc1ccc(N)c(C(=O)O)n1.Cc1ccc(C(=O)Cl)c2ccccc12. The van der Waals surface area contributed by atoms with Crippen molar-refractivity contribution in [3.8, 4) is 11.8 Å². The van der Waals surface area contributed by atoms with Crippen LogP contribution in [0.1, 0.15) is 52.8 Å². The summed E-state index contributed by atoms with van der Waals surface area (Å²) in [6, 6.07) is 28.9. The molecule has 0 saturated heterocycles. The predicted molar refractivity (Wildman–Crippen MR) is 200 cm³/mol. The number of ether oxygens (including phenoxy) is 3. The molecule has 0 atom stereocenters. The molecule has 4 aromatic carbocycles. The molecule has 0 spiro atoms. The van der Waals surface area contributed by atoms with Gasteiger partial charge in [0.05, 0.1) is 32.7 Å². The Bertz CT molecular complexity index is 2290. The fraction of sp³-hybridized carbons (Fsp3) is 0.128. The Hall–Kier alpha value is -6.53. The molecule has 0 aliphatic carbocycles. The number of nitrogens with two attached hydrogens (primary N) is 1. The van der Waals surface area contributed by atoms with E-state index < -0.39 is 17.2 Å². The summed E-state index contributed by atoms with van der Waals surface area (Å²) in [4.78, 5) is 54.2. The number of nitrogens with zero attached hydrogens (tertiary/aromatic N) is 2. The molecular weight excluding hydrogens is 688 g/mol. The van der Waals surface area contributed by atoms with Crippen LogP contribution in [0.15, 0.2) is 97.1 Å². The van der Waals surface area contributed by atoms with Crippen LogP contribution >= 0.6 is 11.6 Å². The van der Waals surface area contributed by atoms with Crippen molar-refractivity contribution in [2.24, 2.45) is 0 Å². The number of hydrogen-bond donors (Lipinski definition) is 3. The van der Waals surface area contributed by atoms with Gasteiger partial charge in [-0.3, -0.25) is 9.59 Å². The van der Waals surface area contributed by atoms with E-state index in [1.165, 1.54) is 33.5 Å². The van der Waals surface area contributed by atoms with Crippen LogP contribution in [0.4, 0.5) is 11.4 Å². The molecule has 0 unspecified atom stereocenters. The zero-order chi connectivity index (χ0) is 37.9. The number of carbonyl (C=O) groups is 4. The maximum atomic E-state index is 12.8. The van der Waals surface area contributed by atoms with Gasteiger partial charge in [-0.25, -0.2) is 19.6 Å². The number of amides is 1. The summed E-state index contributed by atoms with van der Waals surface area (Å²) in [7, 11) is 4.10. The first kappa shape index (κ1) is 38.3. The summed E-state index contributed by atoms with van der Waals surface area (Å²) < 4.78 is 14.5. The van der Waals surface area contributed by atoms with Crippen molar-refractivity contribution in [2.75, 3.05) is 32.4 Å². The molecule has 13 heteroatoms. The lowest BCUT2D eigenvalue weighted by Gasteiger charge is -2.12. The first-order valence-corrected chi connectivity index (χ1v) is 15.9. The highest BCUT2D eigenvalue weighted by Crippen LogP contribution is 2.26. The second-order valence-corrected chi connectivity index (χ2v) is 11.4. The first-order valence-electron chi connectivity index (χ1n) is 15.5. The number of benzene rings is 4.